The van der Waals surface area contributed by atoms with E-state index in [2.05, 4.69) is 13.8 Å². The molecule has 1 heterocycles. The Hall–Kier alpha value is -1.71. The van der Waals surface area contributed by atoms with Gasteiger partial charge >= 0.3 is 0 Å². The number of benzene rings is 1. The van der Waals surface area contributed by atoms with Crippen LogP contribution < -0.4 is 15.4 Å². The Balaban J connectivity index is 2.38. The predicted molar refractivity (Wildman–Crippen MR) is 63.5 cm³/mol. The van der Waals surface area contributed by atoms with Gasteiger partial charge in [0.05, 0.1) is 5.69 Å². The zero-order chi connectivity index (χ0) is 11.7. The smallest absolute Gasteiger partial charge is 0.265 e. The van der Waals surface area contributed by atoms with Gasteiger partial charge in [0.2, 0.25) is 0 Å². The first-order valence-electron chi connectivity index (χ1n) is 5.40. The van der Waals surface area contributed by atoms with Crippen LogP contribution in [0.2, 0.25) is 0 Å². The second-order valence-corrected chi connectivity index (χ2v) is 4.41. The first kappa shape index (κ1) is 10.8. The van der Waals surface area contributed by atoms with Crippen molar-refractivity contribution in [2.75, 3.05) is 23.8 Å². The van der Waals surface area contributed by atoms with E-state index in [4.69, 9.17) is 10.5 Å². The Morgan fingerprint density at radius 2 is 2.25 bits per heavy atom. The van der Waals surface area contributed by atoms with E-state index in [0.29, 0.717) is 18.2 Å². The van der Waals surface area contributed by atoms with Crippen LogP contribution in [-0.4, -0.2) is 19.1 Å². The van der Waals surface area contributed by atoms with Gasteiger partial charge in [-0.1, -0.05) is 13.8 Å². The summed E-state index contributed by atoms with van der Waals surface area (Å²) in [4.78, 5) is 13.5. The van der Waals surface area contributed by atoms with Gasteiger partial charge < -0.3 is 15.4 Å². The van der Waals surface area contributed by atoms with Crippen molar-refractivity contribution in [2.24, 2.45) is 5.92 Å². The Bertz CT molecular complexity index is 415. The van der Waals surface area contributed by atoms with Crippen LogP contribution in [0, 0.1) is 5.92 Å². The number of carbonyl (C=O) groups is 1. The van der Waals surface area contributed by atoms with E-state index in [0.717, 1.165) is 11.4 Å². The highest BCUT2D eigenvalue weighted by Gasteiger charge is 2.25. The molecule has 4 heteroatoms. The molecule has 1 aromatic rings. The Labute approximate surface area is 95.0 Å². The van der Waals surface area contributed by atoms with Crippen molar-refractivity contribution < 1.29 is 9.53 Å². The summed E-state index contributed by atoms with van der Waals surface area (Å²) in [6.45, 7) is 4.96. The summed E-state index contributed by atoms with van der Waals surface area (Å²) in [5, 5.41) is 0. The fourth-order valence-electron chi connectivity index (χ4n) is 1.78. The topological polar surface area (TPSA) is 55.6 Å². The van der Waals surface area contributed by atoms with Crippen molar-refractivity contribution in [3.8, 4) is 5.75 Å². The fraction of sp³-hybridized carbons (Fsp3) is 0.417. The van der Waals surface area contributed by atoms with E-state index in [1.165, 1.54) is 0 Å². The first-order chi connectivity index (χ1) is 7.58. The van der Waals surface area contributed by atoms with E-state index in [9.17, 15) is 4.79 Å². The van der Waals surface area contributed by atoms with Crippen LogP contribution in [0.1, 0.15) is 13.8 Å². The van der Waals surface area contributed by atoms with Gasteiger partial charge in [0.25, 0.3) is 5.91 Å². The molecule has 0 spiro atoms. The Kier molecular flexibility index (Phi) is 2.73. The molecular formula is C12H16N2O2. The lowest BCUT2D eigenvalue weighted by atomic mass is 10.1. The Morgan fingerprint density at radius 3 is 2.94 bits per heavy atom. The van der Waals surface area contributed by atoms with Crippen molar-refractivity contribution in [1.29, 1.82) is 0 Å². The third-order valence-corrected chi connectivity index (χ3v) is 2.47. The molecule has 0 bridgehead atoms. The van der Waals surface area contributed by atoms with Gasteiger partial charge in [-0.25, -0.2) is 0 Å². The van der Waals surface area contributed by atoms with Crippen LogP contribution in [0.3, 0.4) is 0 Å². The lowest BCUT2D eigenvalue weighted by Gasteiger charge is -2.30. The molecule has 0 unspecified atom stereocenters. The summed E-state index contributed by atoms with van der Waals surface area (Å²) < 4.78 is 5.36. The molecule has 1 aliphatic rings. The van der Waals surface area contributed by atoms with Crippen molar-refractivity contribution in [3.05, 3.63) is 18.2 Å². The highest BCUT2D eigenvalue weighted by molar-refractivity contribution is 5.98. The van der Waals surface area contributed by atoms with Gasteiger partial charge in [-0.2, -0.15) is 0 Å². The Morgan fingerprint density at radius 1 is 1.50 bits per heavy atom. The predicted octanol–water partition coefficient (Wildman–Crippen LogP) is 1.65. The van der Waals surface area contributed by atoms with Gasteiger partial charge in [-0.15, -0.1) is 0 Å². The van der Waals surface area contributed by atoms with Crippen LogP contribution in [0.4, 0.5) is 11.4 Å². The minimum absolute atomic E-state index is 0.00759. The number of carbonyl (C=O) groups excluding carboxylic acids is 1. The SMILES string of the molecule is CC(C)CN1C(=O)COc2ccc(N)cc21. The van der Waals surface area contributed by atoms with Crippen LogP contribution >= 0.6 is 0 Å². The van der Waals surface area contributed by atoms with Gasteiger partial charge in [0.1, 0.15) is 5.75 Å². The van der Waals surface area contributed by atoms with Crippen LogP contribution in [0.5, 0.6) is 5.75 Å². The summed E-state index contributed by atoms with van der Waals surface area (Å²) in [5.41, 5.74) is 7.15. The highest BCUT2D eigenvalue weighted by Crippen LogP contribution is 2.34. The molecule has 0 saturated carbocycles. The summed E-state index contributed by atoms with van der Waals surface area (Å²) in [6, 6.07) is 5.38. The average molecular weight is 220 g/mol. The van der Waals surface area contributed by atoms with E-state index in [1.807, 2.05) is 6.07 Å². The van der Waals surface area contributed by atoms with E-state index >= 15 is 0 Å². The lowest BCUT2D eigenvalue weighted by Crippen LogP contribution is -2.40. The molecule has 0 radical (unpaired) electrons. The molecule has 0 saturated heterocycles. The molecule has 16 heavy (non-hydrogen) atoms. The molecule has 1 aliphatic heterocycles. The normalized spacial score (nSPS) is 14.9. The number of hydrogen-bond donors (Lipinski definition) is 1. The van der Waals surface area contributed by atoms with Gasteiger partial charge in [-0.05, 0) is 24.1 Å². The standard InChI is InChI=1S/C12H16N2O2/c1-8(2)6-14-10-5-9(13)3-4-11(10)16-7-12(14)15/h3-5,8H,6-7,13H2,1-2H3. The quantitative estimate of drug-likeness (QED) is 0.771. The lowest BCUT2D eigenvalue weighted by molar-refractivity contribution is -0.121. The number of fused-ring (bicyclic) bond motifs is 1. The van der Waals surface area contributed by atoms with Crippen LogP contribution in [0.15, 0.2) is 18.2 Å². The van der Waals surface area contributed by atoms with Crippen molar-refractivity contribution in [1.82, 2.24) is 0 Å². The van der Waals surface area contributed by atoms with Crippen molar-refractivity contribution >= 4 is 17.3 Å². The second-order valence-electron chi connectivity index (χ2n) is 4.41. The summed E-state index contributed by atoms with van der Waals surface area (Å²) >= 11 is 0. The van der Waals surface area contributed by atoms with Crippen molar-refractivity contribution in [3.63, 3.8) is 0 Å². The minimum atomic E-state index is -0.00759. The molecule has 2 rings (SSSR count). The maximum atomic E-state index is 11.8. The largest absolute Gasteiger partial charge is 0.482 e. The summed E-state index contributed by atoms with van der Waals surface area (Å²) in [7, 11) is 0. The monoisotopic (exact) mass is 220 g/mol. The number of nitrogens with zero attached hydrogens (tertiary/aromatic N) is 1. The number of hydrogen-bond acceptors (Lipinski definition) is 3. The number of nitrogen functional groups attached to an aromatic ring is 1. The molecule has 2 N–H and O–H groups in total. The van der Waals surface area contributed by atoms with Gasteiger partial charge in [-0.3, -0.25) is 4.79 Å². The minimum Gasteiger partial charge on any atom is -0.482 e. The molecule has 0 atom stereocenters. The molecular weight excluding hydrogens is 204 g/mol. The number of amides is 1. The molecule has 86 valence electrons. The average Bonchev–Trinajstić information content (AvgIpc) is 2.22. The van der Waals surface area contributed by atoms with E-state index < -0.39 is 0 Å². The van der Waals surface area contributed by atoms with Gasteiger partial charge in [0.15, 0.2) is 6.61 Å². The third kappa shape index (κ3) is 1.96. The summed E-state index contributed by atoms with van der Waals surface area (Å²) in [5.74, 6) is 1.14. The second kappa shape index (κ2) is 4.04. The maximum absolute atomic E-state index is 11.8. The molecule has 0 aliphatic carbocycles. The van der Waals surface area contributed by atoms with Crippen LogP contribution in [0.25, 0.3) is 0 Å². The van der Waals surface area contributed by atoms with Crippen molar-refractivity contribution in [2.45, 2.75) is 13.8 Å². The number of ether oxygens (including phenoxy) is 1. The zero-order valence-corrected chi connectivity index (χ0v) is 9.56. The summed E-state index contributed by atoms with van der Waals surface area (Å²) in [6.07, 6.45) is 0. The van der Waals surface area contributed by atoms with Crippen LogP contribution in [-0.2, 0) is 4.79 Å². The molecule has 0 fully saturated rings. The number of anilines is 2. The fourth-order valence-corrected chi connectivity index (χ4v) is 1.78. The zero-order valence-electron chi connectivity index (χ0n) is 9.56. The highest BCUT2D eigenvalue weighted by atomic mass is 16.5. The first-order valence-corrected chi connectivity index (χ1v) is 5.40. The molecule has 1 amide bonds. The third-order valence-electron chi connectivity index (χ3n) is 2.47. The number of rotatable bonds is 2. The van der Waals surface area contributed by atoms with Gasteiger partial charge in [0, 0.05) is 12.2 Å². The number of nitrogens with two attached hydrogens (primary N) is 1. The van der Waals surface area contributed by atoms with E-state index in [1.54, 1.807) is 17.0 Å². The molecule has 4 nitrogen and oxygen atoms in total. The maximum Gasteiger partial charge on any atom is 0.265 e. The molecule has 0 aromatic heterocycles. The molecule has 1 aromatic carbocycles. The van der Waals surface area contributed by atoms with E-state index in [-0.39, 0.29) is 12.5 Å².